The number of benzene rings is 1. The van der Waals surface area contributed by atoms with E-state index >= 15 is 0 Å². The minimum Gasteiger partial charge on any atom is -0.480 e. The number of pyridine rings is 1. The van der Waals surface area contributed by atoms with E-state index in [-0.39, 0.29) is 0 Å². The second kappa shape index (κ2) is 10.4. The van der Waals surface area contributed by atoms with Crippen molar-refractivity contribution >= 4 is 40.1 Å². The fraction of sp³-hybridized carbons (Fsp3) is 0.360. The number of aliphatic hydroxyl groups excluding tert-OH is 2. The molecule has 0 aliphatic heterocycles. The van der Waals surface area contributed by atoms with Crippen LogP contribution in [0.5, 0.6) is 0 Å². The number of hydrogen-bond acceptors (Lipinski definition) is 9. The third-order valence-corrected chi connectivity index (χ3v) is 7.20. The number of nitrogens with one attached hydrogen (secondary N) is 2. The highest BCUT2D eigenvalue weighted by atomic mass is 32.2. The largest absolute Gasteiger partial charge is 0.480 e. The van der Waals surface area contributed by atoms with Gasteiger partial charge in [0.15, 0.2) is 5.65 Å². The van der Waals surface area contributed by atoms with Crippen LogP contribution < -0.4 is 10.6 Å². The van der Waals surface area contributed by atoms with Gasteiger partial charge in [-0.25, -0.2) is 9.97 Å². The van der Waals surface area contributed by atoms with Gasteiger partial charge in [0.05, 0.1) is 23.4 Å². The van der Waals surface area contributed by atoms with Crippen molar-refractivity contribution in [3.63, 3.8) is 0 Å². The van der Waals surface area contributed by atoms with Crippen LogP contribution in [0, 0.1) is 0 Å². The summed E-state index contributed by atoms with van der Waals surface area (Å²) in [5, 5.41) is 42.9. The predicted octanol–water partition coefficient (Wildman–Crippen LogP) is 2.01. The Kier molecular flexibility index (Phi) is 7.06. The molecule has 10 nitrogen and oxygen atoms in total. The SMILES string of the molecule is CSCC[C@H](N[C@@H]1C[C@@H](Nc2ccnc3cc(-c4ccc5ccccc5n4)nn23)[C@H](O)[C@@H]1O)C(=O)O. The van der Waals surface area contributed by atoms with E-state index in [0.717, 1.165) is 16.6 Å². The molecule has 1 aliphatic carbocycles. The quantitative estimate of drug-likeness (QED) is 0.228. The highest BCUT2D eigenvalue weighted by Crippen LogP contribution is 2.27. The molecule has 0 saturated heterocycles. The van der Waals surface area contributed by atoms with Crippen LogP contribution in [0.2, 0.25) is 0 Å². The van der Waals surface area contributed by atoms with E-state index in [1.165, 1.54) is 0 Å². The summed E-state index contributed by atoms with van der Waals surface area (Å²) in [6.07, 6.45) is 2.14. The number of para-hydroxylation sites is 1. The Balaban J connectivity index is 1.36. The molecule has 5 N–H and O–H groups in total. The summed E-state index contributed by atoms with van der Waals surface area (Å²) < 4.78 is 1.64. The number of thioether (sulfide) groups is 1. The molecule has 0 bridgehead atoms. The van der Waals surface area contributed by atoms with Crippen LogP contribution in [0.15, 0.2) is 54.7 Å². The van der Waals surface area contributed by atoms with Gasteiger partial charge in [-0.2, -0.15) is 21.4 Å². The number of nitrogens with zero attached hydrogens (tertiary/aromatic N) is 4. The third kappa shape index (κ3) is 4.87. The van der Waals surface area contributed by atoms with Gasteiger partial charge >= 0.3 is 5.97 Å². The van der Waals surface area contributed by atoms with Crippen molar-refractivity contribution < 1.29 is 20.1 Å². The van der Waals surface area contributed by atoms with E-state index in [9.17, 15) is 20.1 Å². The third-order valence-electron chi connectivity index (χ3n) is 6.56. The lowest BCUT2D eigenvalue weighted by molar-refractivity contribution is -0.140. The number of rotatable bonds is 9. The van der Waals surface area contributed by atoms with E-state index in [2.05, 4.69) is 20.7 Å². The zero-order chi connectivity index (χ0) is 25.2. The Morgan fingerprint density at radius 3 is 2.75 bits per heavy atom. The second-order valence-electron chi connectivity index (χ2n) is 8.93. The molecule has 1 aliphatic rings. The minimum absolute atomic E-state index is 0.343. The van der Waals surface area contributed by atoms with E-state index in [1.807, 2.05) is 48.7 Å². The molecule has 1 fully saturated rings. The lowest BCUT2D eigenvalue weighted by atomic mass is 10.1. The van der Waals surface area contributed by atoms with Gasteiger partial charge in [0.1, 0.15) is 23.7 Å². The van der Waals surface area contributed by atoms with Crippen LogP contribution in [0.3, 0.4) is 0 Å². The smallest absolute Gasteiger partial charge is 0.320 e. The molecule has 188 valence electrons. The van der Waals surface area contributed by atoms with Gasteiger partial charge in [-0.3, -0.25) is 10.1 Å². The van der Waals surface area contributed by atoms with E-state index < -0.39 is 36.3 Å². The minimum atomic E-state index is -1.11. The van der Waals surface area contributed by atoms with Gasteiger partial charge in [0.2, 0.25) is 0 Å². The summed E-state index contributed by atoms with van der Waals surface area (Å²) in [4.78, 5) is 20.8. The predicted molar refractivity (Wildman–Crippen MR) is 139 cm³/mol. The number of fused-ring (bicyclic) bond motifs is 2. The number of anilines is 1. The lowest BCUT2D eigenvalue weighted by Gasteiger charge is -2.22. The molecule has 3 heterocycles. The maximum Gasteiger partial charge on any atom is 0.320 e. The van der Waals surface area contributed by atoms with Gasteiger partial charge in [0.25, 0.3) is 0 Å². The van der Waals surface area contributed by atoms with Gasteiger partial charge in [-0.05, 0) is 43.0 Å². The van der Waals surface area contributed by atoms with Crippen LogP contribution in [0.1, 0.15) is 12.8 Å². The van der Waals surface area contributed by atoms with Crippen molar-refractivity contribution in [1.82, 2.24) is 24.9 Å². The second-order valence-corrected chi connectivity index (χ2v) is 9.92. The molecule has 11 heteroatoms. The molecule has 36 heavy (non-hydrogen) atoms. The number of aliphatic hydroxyl groups is 2. The van der Waals surface area contributed by atoms with Gasteiger partial charge in [-0.1, -0.05) is 24.3 Å². The first-order valence-corrected chi connectivity index (χ1v) is 13.2. The van der Waals surface area contributed by atoms with Gasteiger partial charge in [0, 0.05) is 23.7 Å². The van der Waals surface area contributed by atoms with Gasteiger partial charge in [-0.15, -0.1) is 0 Å². The fourth-order valence-corrected chi connectivity index (χ4v) is 5.11. The van der Waals surface area contributed by atoms with Crippen molar-refractivity contribution in [3.05, 3.63) is 54.7 Å². The fourth-order valence-electron chi connectivity index (χ4n) is 4.64. The lowest BCUT2D eigenvalue weighted by Crippen LogP contribution is -2.48. The number of aliphatic carboxylic acids is 1. The molecule has 1 saturated carbocycles. The Morgan fingerprint density at radius 1 is 1.14 bits per heavy atom. The molecule has 0 amide bonds. The Bertz CT molecular complexity index is 1380. The van der Waals surface area contributed by atoms with Crippen LogP contribution in [-0.4, -0.2) is 83.2 Å². The number of carbonyl (C=O) groups is 1. The maximum absolute atomic E-state index is 11.6. The summed E-state index contributed by atoms with van der Waals surface area (Å²) in [5.41, 5.74) is 2.86. The van der Waals surface area contributed by atoms with Crippen molar-refractivity contribution in [2.24, 2.45) is 0 Å². The Hall–Kier alpha value is -3.25. The first-order chi connectivity index (χ1) is 17.4. The molecule has 1 aromatic carbocycles. The van der Waals surface area contributed by atoms with Crippen LogP contribution in [0.4, 0.5) is 5.82 Å². The normalized spacial score (nSPS) is 22.8. The molecule has 4 aromatic rings. The molecule has 0 unspecified atom stereocenters. The number of hydrogen-bond donors (Lipinski definition) is 5. The molecule has 3 aromatic heterocycles. The van der Waals surface area contributed by atoms with Crippen molar-refractivity contribution in [2.45, 2.75) is 43.2 Å². The average molecular weight is 509 g/mol. The Morgan fingerprint density at radius 2 is 1.94 bits per heavy atom. The molecule has 0 radical (unpaired) electrons. The zero-order valence-electron chi connectivity index (χ0n) is 19.7. The number of carboxylic acids is 1. The van der Waals surface area contributed by atoms with E-state index in [4.69, 9.17) is 4.98 Å². The first kappa shape index (κ1) is 24.4. The summed E-state index contributed by atoms with van der Waals surface area (Å²) in [6.45, 7) is 0. The van der Waals surface area contributed by atoms with Crippen molar-refractivity contribution in [1.29, 1.82) is 0 Å². The first-order valence-electron chi connectivity index (χ1n) is 11.8. The monoisotopic (exact) mass is 508 g/mol. The summed E-state index contributed by atoms with van der Waals surface area (Å²) >= 11 is 1.56. The van der Waals surface area contributed by atoms with Crippen LogP contribution in [0.25, 0.3) is 27.9 Å². The molecular weight excluding hydrogens is 480 g/mol. The summed E-state index contributed by atoms with van der Waals surface area (Å²) in [7, 11) is 0. The molecule has 5 rings (SSSR count). The Labute approximate surface area is 211 Å². The summed E-state index contributed by atoms with van der Waals surface area (Å²) in [6, 6.07) is 13.5. The molecular formula is C25H28N6O4S. The van der Waals surface area contributed by atoms with E-state index in [0.29, 0.717) is 35.8 Å². The maximum atomic E-state index is 11.6. The zero-order valence-corrected chi connectivity index (χ0v) is 20.5. The van der Waals surface area contributed by atoms with Crippen LogP contribution in [-0.2, 0) is 4.79 Å². The topological polar surface area (TPSA) is 145 Å². The van der Waals surface area contributed by atoms with E-state index in [1.54, 1.807) is 28.5 Å². The number of aromatic nitrogens is 4. The van der Waals surface area contributed by atoms with Crippen molar-refractivity contribution in [3.8, 4) is 11.4 Å². The van der Waals surface area contributed by atoms with Gasteiger partial charge < -0.3 is 20.6 Å². The number of carboxylic acid groups (broad SMARTS) is 1. The highest BCUT2D eigenvalue weighted by molar-refractivity contribution is 7.98. The van der Waals surface area contributed by atoms with Crippen LogP contribution >= 0.6 is 11.8 Å². The standard InChI is InChI=1S/C25H28N6O4S/c1-36-11-9-17(25(34)35)28-19-12-20(24(33)23(19)32)29-21-8-10-26-22-13-18(30-31(21)22)16-7-6-14-4-2-3-5-15(14)27-16/h2-8,10,13,17,19-20,23-24,28-29,32-33H,9,11-12H2,1H3,(H,34,35)/t17-,19+,20+,23+,24-/m0/s1. The molecule has 0 spiro atoms. The van der Waals surface area contributed by atoms with Crippen molar-refractivity contribution in [2.75, 3.05) is 17.3 Å². The summed E-state index contributed by atoms with van der Waals surface area (Å²) in [5.74, 6) is 0.310. The highest BCUT2D eigenvalue weighted by Gasteiger charge is 2.43. The molecule has 5 atom stereocenters. The average Bonchev–Trinajstić information content (AvgIpc) is 3.44.